The summed E-state index contributed by atoms with van der Waals surface area (Å²) in [4.78, 5) is 32.4. The molecule has 2 aliphatic heterocycles. The molecule has 2 aliphatic rings. The summed E-state index contributed by atoms with van der Waals surface area (Å²) in [6, 6.07) is -0.417. The van der Waals surface area contributed by atoms with E-state index in [1.165, 1.54) is 0 Å². The van der Waals surface area contributed by atoms with Crippen molar-refractivity contribution in [2.24, 2.45) is 0 Å². The number of imidazole rings is 1. The molecule has 21 heavy (non-hydrogen) atoms. The summed E-state index contributed by atoms with van der Waals surface area (Å²) in [6.45, 7) is 5.51. The third kappa shape index (κ3) is 2.53. The Morgan fingerprint density at radius 1 is 1.33 bits per heavy atom. The number of likely N-dealkylation sites (N-methyl/N-ethyl adjacent to an activating group) is 1. The minimum atomic E-state index is -0.417. The van der Waals surface area contributed by atoms with Crippen LogP contribution in [0.3, 0.4) is 0 Å². The summed E-state index contributed by atoms with van der Waals surface area (Å²) < 4.78 is 2.04. The Labute approximate surface area is 123 Å². The van der Waals surface area contributed by atoms with E-state index in [1.807, 2.05) is 10.8 Å². The van der Waals surface area contributed by atoms with Crippen LogP contribution in [0.1, 0.15) is 23.2 Å². The van der Waals surface area contributed by atoms with E-state index in [0.29, 0.717) is 18.8 Å². The minimum Gasteiger partial charge on any atom is -0.342 e. The molecule has 0 aliphatic carbocycles. The van der Waals surface area contributed by atoms with Gasteiger partial charge >= 0.3 is 0 Å². The number of rotatable bonds is 1. The number of fused-ring (bicyclic) bond motifs is 1. The highest BCUT2D eigenvalue weighted by molar-refractivity contribution is 5.96. The summed E-state index contributed by atoms with van der Waals surface area (Å²) in [5.74, 6) is 0.786. The average Bonchev–Trinajstić information content (AvgIpc) is 2.75. The first-order valence-corrected chi connectivity index (χ1v) is 7.40. The monoisotopic (exact) mass is 291 g/mol. The minimum absolute atomic E-state index is 0.0143. The van der Waals surface area contributed by atoms with Crippen molar-refractivity contribution < 1.29 is 9.59 Å². The zero-order valence-electron chi connectivity index (χ0n) is 12.5. The van der Waals surface area contributed by atoms with Crippen LogP contribution >= 0.6 is 0 Å². The normalized spacial score (nSPS) is 23.0. The molecule has 1 unspecified atom stereocenters. The molecule has 0 aromatic carbocycles. The lowest BCUT2D eigenvalue weighted by Crippen LogP contribution is -2.56. The van der Waals surface area contributed by atoms with Crippen LogP contribution in [0.5, 0.6) is 0 Å². The van der Waals surface area contributed by atoms with Crippen molar-refractivity contribution in [2.75, 3.05) is 33.2 Å². The molecule has 3 heterocycles. The van der Waals surface area contributed by atoms with E-state index >= 15 is 0 Å². The Morgan fingerprint density at radius 3 is 2.95 bits per heavy atom. The predicted octanol–water partition coefficient (Wildman–Crippen LogP) is -0.668. The molecule has 114 valence electrons. The van der Waals surface area contributed by atoms with Crippen molar-refractivity contribution in [1.29, 1.82) is 0 Å². The summed E-state index contributed by atoms with van der Waals surface area (Å²) in [6.07, 6.45) is 2.64. The molecular formula is C14H21N5O2. The van der Waals surface area contributed by atoms with Gasteiger partial charge in [0, 0.05) is 52.4 Å². The van der Waals surface area contributed by atoms with Crippen LogP contribution in [-0.2, 0) is 17.8 Å². The Bertz CT molecular complexity index is 544. The first kappa shape index (κ1) is 14.1. The van der Waals surface area contributed by atoms with Gasteiger partial charge in [0.15, 0.2) is 0 Å². The molecule has 0 bridgehead atoms. The first-order valence-electron chi connectivity index (χ1n) is 7.40. The smallest absolute Gasteiger partial charge is 0.274 e. The third-order valence-electron chi connectivity index (χ3n) is 4.27. The lowest BCUT2D eigenvalue weighted by molar-refractivity contribution is -0.137. The van der Waals surface area contributed by atoms with Crippen LogP contribution in [-0.4, -0.2) is 70.4 Å². The maximum Gasteiger partial charge on any atom is 0.274 e. The van der Waals surface area contributed by atoms with E-state index in [-0.39, 0.29) is 11.8 Å². The topological polar surface area (TPSA) is 70.5 Å². The summed E-state index contributed by atoms with van der Waals surface area (Å²) in [5, 5.41) is 3.30. The van der Waals surface area contributed by atoms with Crippen molar-refractivity contribution >= 4 is 11.8 Å². The average molecular weight is 291 g/mol. The van der Waals surface area contributed by atoms with Crippen LogP contribution in [0.15, 0.2) is 6.20 Å². The second-order valence-electron chi connectivity index (χ2n) is 5.67. The van der Waals surface area contributed by atoms with Crippen molar-refractivity contribution in [3.63, 3.8) is 0 Å². The number of nitrogens with zero attached hydrogens (tertiary/aromatic N) is 4. The molecule has 7 heteroatoms. The molecule has 1 saturated heterocycles. The molecule has 0 radical (unpaired) electrons. The SMILES string of the molecule is CC1C(=O)N(C)CCN1C(=O)c1cn2c(n1)CCNCC2. The highest BCUT2D eigenvalue weighted by atomic mass is 16.2. The molecule has 0 spiro atoms. The maximum atomic E-state index is 12.6. The first-order chi connectivity index (χ1) is 10.1. The number of amides is 2. The number of piperazine rings is 1. The molecule has 1 aromatic heterocycles. The highest BCUT2D eigenvalue weighted by Crippen LogP contribution is 2.15. The van der Waals surface area contributed by atoms with Gasteiger partial charge in [-0.2, -0.15) is 0 Å². The zero-order valence-corrected chi connectivity index (χ0v) is 12.5. The van der Waals surface area contributed by atoms with E-state index in [1.54, 1.807) is 23.8 Å². The number of aromatic nitrogens is 2. The van der Waals surface area contributed by atoms with Crippen molar-refractivity contribution in [3.8, 4) is 0 Å². The Balaban J connectivity index is 1.81. The van der Waals surface area contributed by atoms with Gasteiger partial charge in [-0.05, 0) is 6.92 Å². The van der Waals surface area contributed by atoms with Gasteiger partial charge in [-0.1, -0.05) is 0 Å². The molecule has 7 nitrogen and oxygen atoms in total. The van der Waals surface area contributed by atoms with Gasteiger partial charge in [-0.25, -0.2) is 4.98 Å². The molecule has 3 rings (SSSR count). The second kappa shape index (κ2) is 5.48. The Kier molecular flexibility index (Phi) is 3.67. The maximum absolute atomic E-state index is 12.6. The number of hydrogen-bond acceptors (Lipinski definition) is 4. The van der Waals surface area contributed by atoms with E-state index in [4.69, 9.17) is 0 Å². The van der Waals surface area contributed by atoms with Crippen LogP contribution in [0, 0.1) is 0 Å². The lowest BCUT2D eigenvalue weighted by atomic mass is 10.1. The lowest BCUT2D eigenvalue weighted by Gasteiger charge is -2.36. The molecule has 1 fully saturated rings. The fraction of sp³-hybridized carbons (Fsp3) is 0.643. The molecule has 1 aromatic rings. The Morgan fingerprint density at radius 2 is 2.14 bits per heavy atom. The number of carbonyl (C=O) groups excluding carboxylic acids is 2. The zero-order chi connectivity index (χ0) is 15.0. The standard InChI is InChI=1S/C14H21N5O2/c1-10-13(20)17(2)7-8-19(10)14(21)11-9-18-6-5-15-4-3-12(18)16-11/h9-10,15H,3-8H2,1-2H3. The Hall–Kier alpha value is -1.89. The fourth-order valence-electron chi connectivity index (χ4n) is 2.91. The van der Waals surface area contributed by atoms with Gasteiger partial charge in [0.1, 0.15) is 17.6 Å². The second-order valence-corrected chi connectivity index (χ2v) is 5.67. The van der Waals surface area contributed by atoms with Gasteiger partial charge in [0.2, 0.25) is 5.91 Å². The summed E-state index contributed by atoms with van der Waals surface area (Å²) in [5.41, 5.74) is 0.455. The third-order valence-corrected chi connectivity index (χ3v) is 4.27. The van der Waals surface area contributed by atoms with Gasteiger partial charge in [-0.3, -0.25) is 9.59 Å². The quantitative estimate of drug-likeness (QED) is 0.745. The highest BCUT2D eigenvalue weighted by Gasteiger charge is 2.34. The summed E-state index contributed by atoms with van der Waals surface area (Å²) >= 11 is 0. The van der Waals surface area contributed by atoms with Gasteiger partial charge in [-0.15, -0.1) is 0 Å². The van der Waals surface area contributed by atoms with Crippen LogP contribution in [0.25, 0.3) is 0 Å². The predicted molar refractivity (Wildman–Crippen MR) is 76.9 cm³/mol. The molecule has 0 saturated carbocycles. The molecular weight excluding hydrogens is 270 g/mol. The largest absolute Gasteiger partial charge is 0.342 e. The molecule has 2 amide bonds. The van der Waals surface area contributed by atoms with Gasteiger partial charge in [0.25, 0.3) is 5.91 Å². The number of hydrogen-bond donors (Lipinski definition) is 1. The van der Waals surface area contributed by atoms with Crippen molar-refractivity contribution in [3.05, 3.63) is 17.7 Å². The van der Waals surface area contributed by atoms with E-state index in [0.717, 1.165) is 31.9 Å². The van der Waals surface area contributed by atoms with Crippen molar-refractivity contribution in [1.82, 2.24) is 24.7 Å². The van der Waals surface area contributed by atoms with Crippen molar-refractivity contribution in [2.45, 2.75) is 25.9 Å². The van der Waals surface area contributed by atoms with Gasteiger partial charge in [0.05, 0.1) is 0 Å². The van der Waals surface area contributed by atoms with Gasteiger partial charge < -0.3 is 19.7 Å². The number of nitrogens with one attached hydrogen (secondary N) is 1. The van der Waals surface area contributed by atoms with Crippen LogP contribution in [0.4, 0.5) is 0 Å². The van der Waals surface area contributed by atoms with E-state index in [2.05, 4.69) is 10.3 Å². The van der Waals surface area contributed by atoms with Crippen LogP contribution < -0.4 is 5.32 Å². The van der Waals surface area contributed by atoms with E-state index < -0.39 is 6.04 Å². The molecule has 1 atom stereocenters. The fourth-order valence-corrected chi connectivity index (χ4v) is 2.91. The number of carbonyl (C=O) groups is 2. The van der Waals surface area contributed by atoms with E-state index in [9.17, 15) is 9.59 Å². The van der Waals surface area contributed by atoms with Crippen LogP contribution in [0.2, 0.25) is 0 Å². The summed E-state index contributed by atoms with van der Waals surface area (Å²) in [7, 11) is 1.77. The molecule has 1 N–H and O–H groups in total.